The topological polar surface area (TPSA) is 12.5 Å². The normalized spacial score (nSPS) is 25.7. The first-order valence-electron chi connectivity index (χ1n) is 4.72. The third-order valence-corrected chi connectivity index (χ3v) is 2.43. The number of hydrogen-bond donors (Lipinski definition) is 0. The van der Waals surface area contributed by atoms with Crippen LogP contribution in [0.1, 0.15) is 20.3 Å². The summed E-state index contributed by atoms with van der Waals surface area (Å²) in [6.45, 7) is 12.2. The molecule has 0 saturated carbocycles. The van der Waals surface area contributed by atoms with Crippen molar-refractivity contribution in [2.75, 3.05) is 26.3 Å². The van der Waals surface area contributed by atoms with Crippen molar-refractivity contribution in [3.8, 4) is 0 Å². The monoisotopic (exact) mass is 169 g/mol. The predicted octanol–water partition coefficient (Wildman–Crippen LogP) is 1.67. The highest BCUT2D eigenvalue weighted by molar-refractivity contribution is 4.97. The van der Waals surface area contributed by atoms with E-state index in [1.165, 1.54) is 5.57 Å². The molecule has 1 aliphatic heterocycles. The molecular weight excluding hydrogens is 150 g/mol. The van der Waals surface area contributed by atoms with Crippen LogP contribution < -0.4 is 0 Å². The lowest BCUT2D eigenvalue weighted by Gasteiger charge is -2.33. The average Bonchev–Trinajstić information content (AvgIpc) is 2.09. The van der Waals surface area contributed by atoms with Crippen LogP contribution in [0.25, 0.3) is 0 Å². The van der Waals surface area contributed by atoms with E-state index < -0.39 is 0 Å². The van der Waals surface area contributed by atoms with Crippen molar-refractivity contribution in [3.05, 3.63) is 12.2 Å². The summed E-state index contributed by atoms with van der Waals surface area (Å²) in [5, 5.41) is 0. The quantitative estimate of drug-likeness (QED) is 0.596. The molecule has 0 aromatic carbocycles. The van der Waals surface area contributed by atoms with Crippen molar-refractivity contribution < 1.29 is 4.74 Å². The van der Waals surface area contributed by atoms with Gasteiger partial charge in [0.1, 0.15) is 0 Å². The maximum atomic E-state index is 5.36. The summed E-state index contributed by atoms with van der Waals surface area (Å²) in [7, 11) is 0. The van der Waals surface area contributed by atoms with Crippen molar-refractivity contribution in [2.24, 2.45) is 0 Å². The Morgan fingerprint density at radius 2 is 2.42 bits per heavy atom. The SMILES string of the molecule is C=C(CC)CN1CCOCC1C. The molecular formula is C10H19NO. The Morgan fingerprint density at radius 3 is 3.00 bits per heavy atom. The number of ether oxygens (including phenoxy) is 1. The van der Waals surface area contributed by atoms with Crippen LogP contribution in [0.4, 0.5) is 0 Å². The summed E-state index contributed by atoms with van der Waals surface area (Å²) in [5.41, 5.74) is 1.32. The fourth-order valence-electron chi connectivity index (χ4n) is 1.40. The van der Waals surface area contributed by atoms with Crippen LogP contribution in [-0.4, -0.2) is 37.2 Å². The highest BCUT2D eigenvalue weighted by atomic mass is 16.5. The van der Waals surface area contributed by atoms with Crippen LogP contribution in [0.5, 0.6) is 0 Å². The molecule has 2 nitrogen and oxygen atoms in total. The number of nitrogens with zero attached hydrogens (tertiary/aromatic N) is 1. The van der Waals surface area contributed by atoms with Crippen LogP contribution in [-0.2, 0) is 4.74 Å². The van der Waals surface area contributed by atoms with Crippen molar-refractivity contribution in [2.45, 2.75) is 26.3 Å². The van der Waals surface area contributed by atoms with Crippen LogP contribution in [0.3, 0.4) is 0 Å². The van der Waals surface area contributed by atoms with Gasteiger partial charge in [0, 0.05) is 19.1 Å². The van der Waals surface area contributed by atoms with Gasteiger partial charge in [0.05, 0.1) is 13.2 Å². The smallest absolute Gasteiger partial charge is 0.0619 e. The maximum absolute atomic E-state index is 5.36. The molecule has 1 rings (SSSR count). The second-order valence-corrected chi connectivity index (χ2v) is 3.50. The van der Waals surface area contributed by atoms with E-state index >= 15 is 0 Å². The van der Waals surface area contributed by atoms with E-state index in [9.17, 15) is 0 Å². The van der Waals surface area contributed by atoms with Gasteiger partial charge in [-0.05, 0) is 13.3 Å². The Bertz CT molecular complexity index is 156. The molecule has 1 atom stereocenters. The molecule has 0 amide bonds. The molecule has 0 aromatic heterocycles. The molecule has 0 bridgehead atoms. The highest BCUT2D eigenvalue weighted by Crippen LogP contribution is 2.09. The van der Waals surface area contributed by atoms with Gasteiger partial charge in [-0.1, -0.05) is 19.1 Å². The van der Waals surface area contributed by atoms with Gasteiger partial charge in [0.25, 0.3) is 0 Å². The summed E-state index contributed by atoms with van der Waals surface area (Å²) in [6, 6.07) is 0.557. The average molecular weight is 169 g/mol. The van der Waals surface area contributed by atoms with Crippen LogP contribution in [0.2, 0.25) is 0 Å². The largest absolute Gasteiger partial charge is 0.379 e. The highest BCUT2D eigenvalue weighted by Gasteiger charge is 2.18. The predicted molar refractivity (Wildman–Crippen MR) is 51.3 cm³/mol. The first-order valence-corrected chi connectivity index (χ1v) is 4.72. The zero-order chi connectivity index (χ0) is 8.97. The van der Waals surface area contributed by atoms with Crippen LogP contribution in [0.15, 0.2) is 12.2 Å². The third-order valence-electron chi connectivity index (χ3n) is 2.43. The van der Waals surface area contributed by atoms with Crippen LogP contribution >= 0.6 is 0 Å². The van der Waals surface area contributed by atoms with Gasteiger partial charge in [0.15, 0.2) is 0 Å². The van der Waals surface area contributed by atoms with Gasteiger partial charge in [-0.2, -0.15) is 0 Å². The number of morpholine rings is 1. The first-order chi connectivity index (χ1) is 5.74. The molecule has 1 unspecified atom stereocenters. The van der Waals surface area contributed by atoms with Crippen LogP contribution in [0, 0.1) is 0 Å². The zero-order valence-corrected chi connectivity index (χ0v) is 8.18. The summed E-state index contributed by atoms with van der Waals surface area (Å²) in [5.74, 6) is 0. The molecule has 0 radical (unpaired) electrons. The molecule has 2 heteroatoms. The van der Waals surface area contributed by atoms with E-state index in [-0.39, 0.29) is 0 Å². The summed E-state index contributed by atoms with van der Waals surface area (Å²) < 4.78 is 5.36. The summed E-state index contributed by atoms with van der Waals surface area (Å²) >= 11 is 0. The summed E-state index contributed by atoms with van der Waals surface area (Å²) in [6.07, 6.45) is 1.09. The second kappa shape index (κ2) is 4.63. The van der Waals surface area contributed by atoms with Crippen molar-refractivity contribution in [1.29, 1.82) is 0 Å². The first kappa shape index (κ1) is 9.75. The molecule has 70 valence electrons. The van der Waals surface area contributed by atoms with Gasteiger partial charge < -0.3 is 4.74 Å². The Hall–Kier alpha value is -0.340. The summed E-state index contributed by atoms with van der Waals surface area (Å²) in [4.78, 5) is 2.44. The maximum Gasteiger partial charge on any atom is 0.0619 e. The minimum absolute atomic E-state index is 0.557. The zero-order valence-electron chi connectivity index (χ0n) is 8.18. The van der Waals surface area contributed by atoms with E-state index in [2.05, 4.69) is 25.3 Å². The van der Waals surface area contributed by atoms with Crippen molar-refractivity contribution >= 4 is 0 Å². The second-order valence-electron chi connectivity index (χ2n) is 3.50. The molecule has 1 saturated heterocycles. The molecule has 1 fully saturated rings. The number of hydrogen-bond acceptors (Lipinski definition) is 2. The van der Waals surface area contributed by atoms with Gasteiger partial charge in [-0.25, -0.2) is 0 Å². The minimum atomic E-state index is 0.557. The lowest BCUT2D eigenvalue weighted by Crippen LogP contribution is -2.44. The molecule has 0 aromatic rings. The Morgan fingerprint density at radius 1 is 1.67 bits per heavy atom. The number of rotatable bonds is 3. The van der Waals surface area contributed by atoms with E-state index in [0.717, 1.165) is 32.7 Å². The van der Waals surface area contributed by atoms with Crippen molar-refractivity contribution in [3.63, 3.8) is 0 Å². The fraction of sp³-hybridized carbons (Fsp3) is 0.800. The van der Waals surface area contributed by atoms with Gasteiger partial charge in [-0.3, -0.25) is 4.90 Å². The van der Waals surface area contributed by atoms with Gasteiger partial charge in [0.2, 0.25) is 0 Å². The van der Waals surface area contributed by atoms with Gasteiger partial charge in [-0.15, -0.1) is 0 Å². The lowest BCUT2D eigenvalue weighted by molar-refractivity contribution is 0.00415. The fourth-order valence-corrected chi connectivity index (χ4v) is 1.40. The molecule has 1 heterocycles. The van der Waals surface area contributed by atoms with E-state index in [1.807, 2.05) is 0 Å². The molecule has 0 aliphatic carbocycles. The van der Waals surface area contributed by atoms with E-state index in [4.69, 9.17) is 4.74 Å². The van der Waals surface area contributed by atoms with Crippen molar-refractivity contribution in [1.82, 2.24) is 4.90 Å². The Kier molecular flexibility index (Phi) is 3.76. The standard InChI is InChI=1S/C10H19NO/c1-4-9(2)7-11-5-6-12-8-10(11)3/h10H,2,4-8H2,1,3H3. The van der Waals surface area contributed by atoms with E-state index in [0.29, 0.717) is 6.04 Å². The Labute approximate surface area is 75.2 Å². The van der Waals surface area contributed by atoms with Gasteiger partial charge >= 0.3 is 0 Å². The molecule has 1 aliphatic rings. The molecule has 0 spiro atoms. The third kappa shape index (κ3) is 2.61. The molecule has 12 heavy (non-hydrogen) atoms. The minimum Gasteiger partial charge on any atom is -0.379 e. The van der Waals surface area contributed by atoms with E-state index in [1.54, 1.807) is 0 Å². The molecule has 0 N–H and O–H groups in total. The lowest BCUT2D eigenvalue weighted by atomic mass is 10.2. The Balaban J connectivity index is 2.33.